The third kappa shape index (κ3) is 3.18. The van der Waals surface area contributed by atoms with Crippen molar-refractivity contribution in [1.29, 1.82) is 0 Å². The van der Waals surface area contributed by atoms with Crippen LogP contribution in [0.5, 0.6) is 0 Å². The second-order valence-corrected chi connectivity index (χ2v) is 5.30. The monoisotopic (exact) mass is 292 g/mol. The van der Waals surface area contributed by atoms with Gasteiger partial charge in [0.1, 0.15) is 0 Å². The van der Waals surface area contributed by atoms with Gasteiger partial charge in [0.2, 0.25) is 5.91 Å². The van der Waals surface area contributed by atoms with Crippen LogP contribution in [0.4, 0.5) is 5.69 Å². The maximum Gasteiger partial charge on any atom is 0.241 e. The van der Waals surface area contributed by atoms with E-state index in [-0.39, 0.29) is 11.8 Å². The van der Waals surface area contributed by atoms with Gasteiger partial charge < -0.3 is 15.6 Å². The Bertz CT molecular complexity index is 595. The van der Waals surface area contributed by atoms with E-state index in [2.05, 4.69) is 10.3 Å². The summed E-state index contributed by atoms with van der Waals surface area (Å²) in [5.41, 5.74) is 7.22. The van der Waals surface area contributed by atoms with Gasteiger partial charge in [-0.2, -0.15) is 0 Å². The summed E-state index contributed by atoms with van der Waals surface area (Å²) in [6.07, 6.45) is 5.13. The van der Waals surface area contributed by atoms with E-state index in [1.54, 1.807) is 35.4 Å². The fraction of sp³-hybridized carbons (Fsp3) is 0.286. The Morgan fingerprint density at radius 3 is 2.75 bits per heavy atom. The Hall–Kier alpha value is -1.85. The summed E-state index contributed by atoms with van der Waals surface area (Å²) in [5.74, 6) is -0.137. The van der Waals surface area contributed by atoms with E-state index < -0.39 is 6.04 Å². The molecule has 0 spiro atoms. The summed E-state index contributed by atoms with van der Waals surface area (Å²) in [4.78, 5) is 15.9. The van der Waals surface area contributed by atoms with Gasteiger partial charge in [-0.05, 0) is 24.1 Å². The summed E-state index contributed by atoms with van der Waals surface area (Å²) in [6.45, 7) is 3.80. The number of aromatic nitrogens is 2. The largest absolute Gasteiger partial charge is 0.325 e. The minimum absolute atomic E-state index is 0.0793. The summed E-state index contributed by atoms with van der Waals surface area (Å²) >= 11 is 6.22. The number of anilines is 1. The van der Waals surface area contributed by atoms with E-state index in [9.17, 15) is 4.79 Å². The first-order valence-corrected chi connectivity index (χ1v) is 6.71. The third-order valence-electron chi connectivity index (χ3n) is 3.02. The Kier molecular flexibility index (Phi) is 4.42. The fourth-order valence-electron chi connectivity index (χ4n) is 1.72. The molecular formula is C14H17ClN4O. The maximum absolute atomic E-state index is 11.9. The molecule has 0 aliphatic heterocycles. The Balaban J connectivity index is 2.16. The molecule has 1 aromatic carbocycles. The smallest absolute Gasteiger partial charge is 0.241 e. The molecule has 1 heterocycles. The van der Waals surface area contributed by atoms with Crippen LogP contribution in [0.15, 0.2) is 36.9 Å². The number of imidazole rings is 1. The molecule has 0 bridgehead atoms. The zero-order valence-electron chi connectivity index (χ0n) is 11.4. The van der Waals surface area contributed by atoms with Crippen molar-refractivity contribution >= 4 is 23.2 Å². The van der Waals surface area contributed by atoms with Crippen molar-refractivity contribution in [3.63, 3.8) is 0 Å². The van der Waals surface area contributed by atoms with Crippen LogP contribution < -0.4 is 11.1 Å². The average molecular weight is 293 g/mol. The van der Waals surface area contributed by atoms with Crippen molar-refractivity contribution in [2.75, 3.05) is 5.32 Å². The summed E-state index contributed by atoms with van der Waals surface area (Å²) in [5, 5.41) is 3.29. The van der Waals surface area contributed by atoms with Gasteiger partial charge in [0.25, 0.3) is 0 Å². The van der Waals surface area contributed by atoms with Gasteiger partial charge >= 0.3 is 0 Å². The molecule has 1 aromatic heterocycles. The molecule has 6 heteroatoms. The van der Waals surface area contributed by atoms with E-state index in [0.717, 1.165) is 5.69 Å². The highest BCUT2D eigenvalue weighted by Gasteiger charge is 2.17. The van der Waals surface area contributed by atoms with Crippen LogP contribution in [0.25, 0.3) is 5.69 Å². The van der Waals surface area contributed by atoms with Crippen molar-refractivity contribution in [2.45, 2.75) is 19.9 Å². The second-order valence-electron chi connectivity index (χ2n) is 4.90. The highest BCUT2D eigenvalue weighted by atomic mass is 35.5. The molecule has 0 fully saturated rings. The molecule has 1 atom stereocenters. The minimum Gasteiger partial charge on any atom is -0.325 e. The van der Waals surface area contributed by atoms with E-state index >= 15 is 0 Å². The number of halogens is 1. The van der Waals surface area contributed by atoms with Gasteiger partial charge in [-0.3, -0.25) is 4.79 Å². The molecule has 0 radical (unpaired) electrons. The lowest BCUT2D eigenvalue weighted by Crippen LogP contribution is -2.39. The molecule has 0 aliphatic rings. The Morgan fingerprint density at radius 1 is 1.45 bits per heavy atom. The highest BCUT2D eigenvalue weighted by molar-refractivity contribution is 6.32. The van der Waals surface area contributed by atoms with Crippen LogP contribution in [0, 0.1) is 5.92 Å². The molecule has 106 valence electrons. The fourth-order valence-corrected chi connectivity index (χ4v) is 2.00. The highest BCUT2D eigenvalue weighted by Crippen LogP contribution is 2.24. The van der Waals surface area contributed by atoms with Crippen LogP contribution in [0.3, 0.4) is 0 Å². The topological polar surface area (TPSA) is 72.9 Å². The first-order chi connectivity index (χ1) is 9.49. The third-order valence-corrected chi connectivity index (χ3v) is 3.32. The lowest BCUT2D eigenvalue weighted by Gasteiger charge is -2.16. The number of hydrogen-bond donors (Lipinski definition) is 2. The van der Waals surface area contributed by atoms with Gasteiger partial charge in [0.05, 0.1) is 23.1 Å². The lowest BCUT2D eigenvalue weighted by molar-refractivity contribution is -0.118. The number of carbonyl (C=O) groups excluding carboxylic acids is 1. The minimum atomic E-state index is -0.540. The summed E-state index contributed by atoms with van der Waals surface area (Å²) in [7, 11) is 0. The van der Waals surface area contributed by atoms with Gasteiger partial charge in [-0.1, -0.05) is 25.4 Å². The second kappa shape index (κ2) is 6.07. The molecule has 0 aliphatic carbocycles. The van der Waals surface area contributed by atoms with Gasteiger partial charge in [-0.15, -0.1) is 0 Å². The number of hydrogen-bond acceptors (Lipinski definition) is 3. The normalized spacial score (nSPS) is 12.4. The van der Waals surface area contributed by atoms with Crippen LogP contribution in [-0.2, 0) is 4.79 Å². The number of rotatable bonds is 4. The van der Waals surface area contributed by atoms with Crippen molar-refractivity contribution < 1.29 is 4.79 Å². The summed E-state index contributed by atoms with van der Waals surface area (Å²) in [6, 6.07) is 4.76. The van der Waals surface area contributed by atoms with E-state index in [0.29, 0.717) is 10.7 Å². The average Bonchev–Trinajstić information content (AvgIpc) is 2.91. The lowest BCUT2D eigenvalue weighted by atomic mass is 10.0. The summed E-state index contributed by atoms with van der Waals surface area (Å²) < 4.78 is 1.80. The SMILES string of the molecule is CC(C)[C@H](N)C(=O)Nc1ccc(-n2ccnc2)c(Cl)c1. The Morgan fingerprint density at radius 2 is 2.20 bits per heavy atom. The quantitative estimate of drug-likeness (QED) is 0.909. The maximum atomic E-state index is 11.9. The van der Waals surface area contributed by atoms with E-state index in [4.69, 9.17) is 17.3 Å². The standard InChI is InChI=1S/C14H17ClN4O/c1-9(2)13(16)14(20)18-10-3-4-12(11(15)7-10)19-6-5-17-8-19/h3-9,13H,16H2,1-2H3,(H,18,20)/t13-/m0/s1. The molecule has 5 nitrogen and oxygen atoms in total. The van der Waals surface area contributed by atoms with Gasteiger partial charge in [0.15, 0.2) is 0 Å². The molecule has 2 aromatic rings. The van der Waals surface area contributed by atoms with E-state index in [1.165, 1.54) is 0 Å². The molecule has 0 unspecified atom stereocenters. The van der Waals surface area contributed by atoms with Gasteiger partial charge in [0, 0.05) is 18.1 Å². The number of nitrogens with zero attached hydrogens (tertiary/aromatic N) is 2. The van der Waals surface area contributed by atoms with Crippen molar-refractivity contribution in [1.82, 2.24) is 9.55 Å². The first kappa shape index (κ1) is 14.6. The molecule has 20 heavy (non-hydrogen) atoms. The predicted octanol–water partition coefficient (Wildman–Crippen LogP) is 2.45. The number of carbonyl (C=O) groups is 1. The molecule has 0 saturated carbocycles. The van der Waals surface area contributed by atoms with E-state index in [1.807, 2.05) is 19.9 Å². The molecule has 1 amide bonds. The number of nitrogens with one attached hydrogen (secondary N) is 1. The first-order valence-electron chi connectivity index (χ1n) is 6.33. The van der Waals surface area contributed by atoms with Crippen LogP contribution in [0.1, 0.15) is 13.8 Å². The predicted molar refractivity (Wildman–Crippen MR) is 80.0 cm³/mol. The number of nitrogens with two attached hydrogens (primary N) is 1. The van der Waals surface area contributed by atoms with Crippen molar-refractivity contribution in [2.24, 2.45) is 11.7 Å². The zero-order chi connectivity index (χ0) is 14.7. The van der Waals surface area contributed by atoms with Crippen molar-refractivity contribution in [3.05, 3.63) is 41.9 Å². The molecule has 2 rings (SSSR count). The van der Waals surface area contributed by atoms with Gasteiger partial charge in [-0.25, -0.2) is 4.98 Å². The number of benzene rings is 1. The van der Waals surface area contributed by atoms with Crippen LogP contribution in [0.2, 0.25) is 5.02 Å². The Labute approximate surface area is 122 Å². The molecule has 0 saturated heterocycles. The van der Waals surface area contributed by atoms with Crippen molar-refractivity contribution in [3.8, 4) is 5.69 Å². The van der Waals surface area contributed by atoms with Crippen LogP contribution >= 0.6 is 11.6 Å². The molecular weight excluding hydrogens is 276 g/mol. The zero-order valence-corrected chi connectivity index (χ0v) is 12.1. The number of amides is 1. The molecule has 3 N–H and O–H groups in total. The van der Waals surface area contributed by atoms with Crippen LogP contribution in [-0.4, -0.2) is 21.5 Å².